The summed E-state index contributed by atoms with van der Waals surface area (Å²) in [6, 6.07) is 19.1. The van der Waals surface area contributed by atoms with Crippen LogP contribution in [-0.4, -0.2) is 50.9 Å². The van der Waals surface area contributed by atoms with Crippen LogP contribution in [0.5, 0.6) is 5.75 Å². The van der Waals surface area contributed by atoms with E-state index in [1.165, 1.54) is 36.3 Å². The Kier molecular flexibility index (Phi) is 10.6. The average molecular weight is 586 g/mol. The lowest BCUT2D eigenvalue weighted by Gasteiger charge is -2.32. The van der Waals surface area contributed by atoms with Gasteiger partial charge in [0, 0.05) is 12.6 Å². The molecular formula is C30H36ClN3O5S. The maximum absolute atomic E-state index is 14.0. The Balaban J connectivity index is 2.05. The van der Waals surface area contributed by atoms with Gasteiger partial charge < -0.3 is 15.0 Å². The minimum absolute atomic E-state index is 0.0162. The second kappa shape index (κ2) is 13.7. The van der Waals surface area contributed by atoms with Gasteiger partial charge in [-0.05, 0) is 63.1 Å². The van der Waals surface area contributed by atoms with Gasteiger partial charge in [-0.25, -0.2) is 8.42 Å². The van der Waals surface area contributed by atoms with Gasteiger partial charge in [0.1, 0.15) is 18.3 Å². The zero-order valence-electron chi connectivity index (χ0n) is 23.4. The van der Waals surface area contributed by atoms with Crippen LogP contribution >= 0.6 is 11.6 Å². The quantitative estimate of drug-likeness (QED) is 0.316. The fourth-order valence-corrected chi connectivity index (χ4v) is 5.79. The van der Waals surface area contributed by atoms with Crippen molar-refractivity contribution in [3.63, 3.8) is 0 Å². The Bertz CT molecular complexity index is 1430. The summed E-state index contributed by atoms with van der Waals surface area (Å²) in [7, 11) is -2.73. The Labute approximate surface area is 241 Å². The molecule has 214 valence electrons. The summed E-state index contributed by atoms with van der Waals surface area (Å²) in [6.07, 6.45) is 0.728. The third-order valence-corrected chi connectivity index (χ3v) is 8.72. The van der Waals surface area contributed by atoms with E-state index in [4.69, 9.17) is 16.3 Å². The number of anilines is 1. The lowest BCUT2D eigenvalue weighted by molar-refractivity contribution is -0.139. The summed E-state index contributed by atoms with van der Waals surface area (Å²) < 4.78 is 33.9. The number of halogens is 1. The lowest BCUT2D eigenvalue weighted by Crippen LogP contribution is -2.52. The van der Waals surface area contributed by atoms with Crippen LogP contribution in [0.25, 0.3) is 0 Å². The molecule has 3 aromatic carbocycles. The number of hydrogen-bond donors (Lipinski definition) is 1. The van der Waals surface area contributed by atoms with E-state index in [1.54, 1.807) is 31.2 Å². The fraction of sp³-hybridized carbons (Fsp3) is 0.333. The number of sulfonamides is 1. The largest absolute Gasteiger partial charge is 0.495 e. The Hall–Kier alpha value is -3.56. The highest BCUT2D eigenvalue weighted by Crippen LogP contribution is 2.32. The average Bonchev–Trinajstić information content (AvgIpc) is 2.94. The molecule has 2 amide bonds. The van der Waals surface area contributed by atoms with Crippen molar-refractivity contribution < 1.29 is 22.7 Å². The molecule has 1 N–H and O–H groups in total. The monoisotopic (exact) mass is 585 g/mol. The number of ether oxygens (including phenoxy) is 1. The first-order chi connectivity index (χ1) is 19.0. The number of amides is 2. The van der Waals surface area contributed by atoms with Crippen LogP contribution in [0.2, 0.25) is 5.02 Å². The number of rotatable bonds is 12. The first kappa shape index (κ1) is 31.0. The van der Waals surface area contributed by atoms with Gasteiger partial charge in [-0.15, -0.1) is 0 Å². The smallest absolute Gasteiger partial charge is 0.264 e. The summed E-state index contributed by atoms with van der Waals surface area (Å²) >= 11 is 6.35. The Morgan fingerprint density at radius 3 is 2.30 bits per heavy atom. The zero-order chi connectivity index (χ0) is 29.4. The van der Waals surface area contributed by atoms with E-state index in [0.29, 0.717) is 5.75 Å². The molecule has 0 fully saturated rings. The molecule has 0 saturated carbocycles. The second-order valence-electron chi connectivity index (χ2n) is 9.65. The minimum Gasteiger partial charge on any atom is -0.495 e. The molecule has 8 nitrogen and oxygen atoms in total. The maximum atomic E-state index is 14.0. The van der Waals surface area contributed by atoms with Crippen LogP contribution in [0.15, 0.2) is 77.7 Å². The van der Waals surface area contributed by atoms with E-state index in [-0.39, 0.29) is 34.1 Å². The summed E-state index contributed by atoms with van der Waals surface area (Å²) in [5.41, 5.74) is 2.01. The molecule has 2 atom stereocenters. The van der Waals surface area contributed by atoms with E-state index < -0.39 is 28.5 Å². The van der Waals surface area contributed by atoms with Crippen molar-refractivity contribution in [2.45, 2.75) is 57.6 Å². The standard InChI is InChI=1S/C30H36ClN3O5S/c1-6-22(3)32-30(36)23(4)33(19-24-12-10-11-21(2)17-24)29(35)20-34(25-15-16-28(39-5)27(31)18-25)40(37,38)26-13-8-7-9-14-26/h7-18,22-23H,6,19-20H2,1-5H3,(H,32,36)/t22-,23+/m1/s1. The van der Waals surface area contributed by atoms with Crippen molar-refractivity contribution in [2.75, 3.05) is 18.0 Å². The highest BCUT2D eigenvalue weighted by molar-refractivity contribution is 7.92. The van der Waals surface area contributed by atoms with E-state index >= 15 is 0 Å². The maximum Gasteiger partial charge on any atom is 0.264 e. The summed E-state index contributed by atoms with van der Waals surface area (Å²) in [5, 5.41) is 3.12. The van der Waals surface area contributed by atoms with Crippen LogP contribution in [-0.2, 0) is 26.2 Å². The molecular weight excluding hydrogens is 550 g/mol. The molecule has 0 aliphatic carbocycles. The number of hydrogen-bond acceptors (Lipinski definition) is 5. The van der Waals surface area contributed by atoms with Crippen molar-refractivity contribution in [3.8, 4) is 5.75 Å². The predicted octanol–water partition coefficient (Wildman–Crippen LogP) is 5.18. The summed E-state index contributed by atoms with van der Waals surface area (Å²) in [4.78, 5) is 28.5. The third kappa shape index (κ3) is 7.55. The molecule has 0 radical (unpaired) electrons. The van der Waals surface area contributed by atoms with E-state index in [0.717, 1.165) is 21.9 Å². The number of nitrogens with one attached hydrogen (secondary N) is 1. The van der Waals surface area contributed by atoms with Crippen molar-refractivity contribution in [1.29, 1.82) is 0 Å². The molecule has 3 aromatic rings. The second-order valence-corrected chi connectivity index (χ2v) is 11.9. The van der Waals surface area contributed by atoms with Crippen LogP contribution in [0.1, 0.15) is 38.3 Å². The van der Waals surface area contributed by atoms with Gasteiger partial charge in [-0.2, -0.15) is 0 Å². The van der Waals surface area contributed by atoms with Gasteiger partial charge in [-0.3, -0.25) is 13.9 Å². The van der Waals surface area contributed by atoms with Gasteiger partial charge in [0.15, 0.2) is 0 Å². The molecule has 0 aromatic heterocycles. The zero-order valence-corrected chi connectivity index (χ0v) is 25.0. The van der Waals surface area contributed by atoms with Crippen molar-refractivity contribution >= 4 is 39.1 Å². The van der Waals surface area contributed by atoms with Crippen molar-refractivity contribution in [3.05, 3.63) is 88.9 Å². The first-order valence-electron chi connectivity index (χ1n) is 13.0. The molecule has 0 aliphatic rings. The summed E-state index contributed by atoms with van der Waals surface area (Å²) in [5.74, 6) is -0.495. The lowest BCUT2D eigenvalue weighted by atomic mass is 10.1. The van der Waals surface area contributed by atoms with Crippen LogP contribution in [0, 0.1) is 6.92 Å². The van der Waals surface area contributed by atoms with Crippen LogP contribution in [0.4, 0.5) is 5.69 Å². The molecule has 40 heavy (non-hydrogen) atoms. The predicted molar refractivity (Wildman–Crippen MR) is 158 cm³/mol. The number of methoxy groups -OCH3 is 1. The molecule has 3 rings (SSSR count). The topological polar surface area (TPSA) is 96.0 Å². The van der Waals surface area contributed by atoms with Crippen LogP contribution < -0.4 is 14.4 Å². The minimum atomic E-state index is -4.18. The molecule has 0 saturated heterocycles. The van der Waals surface area contributed by atoms with E-state index in [1.807, 2.05) is 45.0 Å². The van der Waals surface area contributed by atoms with Gasteiger partial charge in [0.05, 0.1) is 22.7 Å². The Morgan fingerprint density at radius 1 is 1.00 bits per heavy atom. The Morgan fingerprint density at radius 2 is 1.70 bits per heavy atom. The molecule has 0 bridgehead atoms. The van der Waals surface area contributed by atoms with E-state index in [9.17, 15) is 18.0 Å². The fourth-order valence-electron chi connectivity index (χ4n) is 4.11. The van der Waals surface area contributed by atoms with Crippen molar-refractivity contribution in [1.82, 2.24) is 10.2 Å². The molecule has 0 spiro atoms. The third-order valence-electron chi connectivity index (χ3n) is 6.64. The number of carbonyl (C=O) groups excluding carboxylic acids is 2. The van der Waals surface area contributed by atoms with Gasteiger partial charge in [0.25, 0.3) is 10.0 Å². The van der Waals surface area contributed by atoms with E-state index in [2.05, 4.69) is 5.32 Å². The SMILES string of the molecule is CC[C@@H](C)NC(=O)[C@H](C)N(Cc1cccc(C)c1)C(=O)CN(c1ccc(OC)c(Cl)c1)S(=O)(=O)c1ccccc1. The molecule has 0 aliphatic heterocycles. The highest BCUT2D eigenvalue weighted by atomic mass is 35.5. The number of aryl methyl sites for hydroxylation is 1. The van der Waals surface area contributed by atoms with Crippen molar-refractivity contribution in [2.24, 2.45) is 0 Å². The molecule has 10 heteroatoms. The first-order valence-corrected chi connectivity index (χ1v) is 14.9. The number of benzene rings is 3. The van der Waals surface area contributed by atoms with Gasteiger partial charge >= 0.3 is 0 Å². The van der Waals surface area contributed by atoms with Gasteiger partial charge in [0.2, 0.25) is 11.8 Å². The molecule has 0 heterocycles. The highest BCUT2D eigenvalue weighted by Gasteiger charge is 2.33. The number of nitrogens with zero attached hydrogens (tertiary/aromatic N) is 2. The number of carbonyl (C=O) groups is 2. The summed E-state index contributed by atoms with van der Waals surface area (Å²) in [6.45, 7) is 7.00. The van der Waals surface area contributed by atoms with Crippen LogP contribution in [0.3, 0.4) is 0 Å². The van der Waals surface area contributed by atoms with Gasteiger partial charge in [-0.1, -0.05) is 66.6 Å². The molecule has 0 unspecified atom stereocenters. The normalized spacial score (nSPS) is 12.8.